The molecule has 238 valence electrons. The maximum atomic E-state index is 12.4. The lowest BCUT2D eigenvalue weighted by Crippen LogP contribution is -2.40. The van der Waals surface area contributed by atoms with E-state index in [0.29, 0.717) is 41.8 Å². The molecule has 2 aromatic heterocycles. The molecule has 0 radical (unpaired) electrons. The Bertz CT molecular complexity index is 1560. The Morgan fingerprint density at radius 3 is 2.44 bits per heavy atom. The molecule has 45 heavy (non-hydrogen) atoms. The number of amidine groups is 1. The quantitative estimate of drug-likeness (QED) is 0.249. The van der Waals surface area contributed by atoms with Crippen LogP contribution in [-0.2, 0) is 4.74 Å². The van der Waals surface area contributed by atoms with Gasteiger partial charge in [0.15, 0.2) is 5.69 Å². The summed E-state index contributed by atoms with van der Waals surface area (Å²) in [5.74, 6) is 1.15. The predicted molar refractivity (Wildman–Crippen MR) is 176 cm³/mol. The third-order valence-corrected chi connectivity index (χ3v) is 7.62. The van der Waals surface area contributed by atoms with E-state index < -0.39 is 5.60 Å². The molecule has 5 rings (SSSR count). The number of hydrogen-bond acceptors (Lipinski definition) is 10. The van der Waals surface area contributed by atoms with Gasteiger partial charge in [-0.3, -0.25) is 4.99 Å². The summed E-state index contributed by atoms with van der Waals surface area (Å²) in [5, 5.41) is 22.8. The SMILES string of the molecule is CC(C)N=C(N)c1nnc(-c2ccccc2O)cc1NC1CCN(c2ncc(C3=CCN(C(=O)OC(C)(C)C)CC3)cn2)CC1. The minimum absolute atomic E-state index is 0.00783. The van der Waals surface area contributed by atoms with Gasteiger partial charge in [0.2, 0.25) is 5.95 Å². The van der Waals surface area contributed by atoms with Crippen molar-refractivity contribution in [2.75, 3.05) is 36.4 Å². The first kappa shape index (κ1) is 31.7. The number of piperidine rings is 1. The Hall–Kier alpha value is -4.74. The molecule has 12 heteroatoms. The lowest BCUT2D eigenvalue weighted by molar-refractivity contribution is 0.0270. The Balaban J connectivity index is 1.22. The minimum Gasteiger partial charge on any atom is -0.507 e. The number of phenolic OH excluding ortho intramolecular Hbond substituents is 1. The van der Waals surface area contributed by atoms with E-state index in [2.05, 4.69) is 35.4 Å². The van der Waals surface area contributed by atoms with E-state index in [4.69, 9.17) is 10.5 Å². The number of ether oxygens (including phenoxy) is 1. The topological polar surface area (TPSA) is 155 Å². The second-order valence-corrected chi connectivity index (χ2v) is 12.7. The maximum Gasteiger partial charge on any atom is 0.410 e. The van der Waals surface area contributed by atoms with Gasteiger partial charge < -0.3 is 30.7 Å². The monoisotopic (exact) mass is 613 g/mol. The van der Waals surface area contributed by atoms with Crippen molar-refractivity contribution < 1.29 is 14.6 Å². The van der Waals surface area contributed by atoms with Crippen molar-refractivity contribution in [2.24, 2.45) is 10.7 Å². The number of anilines is 2. The summed E-state index contributed by atoms with van der Waals surface area (Å²) in [6.07, 6.45) is 7.93. The summed E-state index contributed by atoms with van der Waals surface area (Å²) < 4.78 is 5.50. The fourth-order valence-electron chi connectivity index (χ4n) is 5.37. The maximum absolute atomic E-state index is 12.4. The van der Waals surface area contributed by atoms with E-state index in [1.807, 2.05) is 71.3 Å². The summed E-state index contributed by atoms with van der Waals surface area (Å²) in [7, 11) is 0. The first-order chi connectivity index (χ1) is 21.5. The molecular weight excluding hydrogens is 570 g/mol. The van der Waals surface area contributed by atoms with Crippen LogP contribution in [0, 0.1) is 0 Å². The van der Waals surface area contributed by atoms with Gasteiger partial charge in [0.1, 0.15) is 17.2 Å². The molecule has 0 aliphatic carbocycles. The predicted octanol–water partition coefficient (Wildman–Crippen LogP) is 4.86. The van der Waals surface area contributed by atoms with E-state index in [0.717, 1.165) is 49.2 Å². The normalized spacial score (nSPS) is 16.5. The summed E-state index contributed by atoms with van der Waals surface area (Å²) in [6, 6.07) is 9.10. The van der Waals surface area contributed by atoms with Crippen molar-refractivity contribution in [2.45, 2.75) is 71.6 Å². The van der Waals surface area contributed by atoms with Gasteiger partial charge in [-0.05, 0) is 77.7 Å². The molecule has 1 fully saturated rings. The molecule has 0 atom stereocenters. The largest absolute Gasteiger partial charge is 0.507 e. The Morgan fingerprint density at radius 1 is 1.11 bits per heavy atom. The van der Waals surface area contributed by atoms with Gasteiger partial charge in [-0.15, -0.1) is 10.2 Å². The first-order valence-corrected chi connectivity index (χ1v) is 15.5. The molecule has 0 unspecified atom stereocenters. The van der Waals surface area contributed by atoms with Crippen LogP contribution >= 0.6 is 0 Å². The number of phenols is 1. The second kappa shape index (κ2) is 13.5. The number of aromatic hydroxyl groups is 1. The van der Waals surface area contributed by atoms with Gasteiger partial charge in [0, 0.05) is 61.8 Å². The minimum atomic E-state index is -0.512. The number of carbonyl (C=O) groups is 1. The number of aromatic nitrogens is 4. The van der Waals surface area contributed by atoms with Crippen molar-refractivity contribution in [3.63, 3.8) is 0 Å². The molecule has 2 aliphatic rings. The summed E-state index contributed by atoms with van der Waals surface area (Å²) in [4.78, 5) is 30.1. The lowest BCUT2D eigenvalue weighted by Gasteiger charge is -2.33. The van der Waals surface area contributed by atoms with Crippen LogP contribution in [-0.4, -0.2) is 86.0 Å². The highest BCUT2D eigenvalue weighted by molar-refractivity contribution is 6.01. The fourth-order valence-corrected chi connectivity index (χ4v) is 5.37. The number of amides is 1. The molecular formula is C33H43N9O3. The second-order valence-electron chi connectivity index (χ2n) is 12.7. The third-order valence-electron chi connectivity index (χ3n) is 7.62. The molecule has 0 bridgehead atoms. The van der Waals surface area contributed by atoms with Crippen molar-refractivity contribution in [3.8, 4) is 17.0 Å². The van der Waals surface area contributed by atoms with Gasteiger partial charge in [-0.25, -0.2) is 14.8 Å². The van der Waals surface area contributed by atoms with Crippen molar-refractivity contribution in [3.05, 3.63) is 60.1 Å². The van der Waals surface area contributed by atoms with E-state index in [1.165, 1.54) is 0 Å². The number of benzene rings is 1. The van der Waals surface area contributed by atoms with Crippen LogP contribution in [0.2, 0.25) is 0 Å². The Kier molecular flexibility index (Phi) is 9.50. The molecule has 4 N–H and O–H groups in total. The number of hydrogen-bond donors (Lipinski definition) is 3. The summed E-state index contributed by atoms with van der Waals surface area (Å²) in [6.45, 7) is 12.2. The number of nitrogens with one attached hydrogen (secondary N) is 1. The highest BCUT2D eigenvalue weighted by Crippen LogP contribution is 2.30. The standard InChI is InChI=1S/C33H43N9O3/c1-21(2)37-30(34)29-27(18-26(39-40-29)25-8-6-7-9-28(25)43)38-24-12-16-41(17-13-24)31-35-19-23(20-36-31)22-10-14-42(15-11-22)32(44)45-33(3,4)5/h6-10,18-21,24,43H,11-17H2,1-5H3,(H2,34,37)(H,38,39). The van der Waals surface area contributed by atoms with E-state index in [1.54, 1.807) is 17.0 Å². The van der Waals surface area contributed by atoms with Crippen LogP contribution in [0.1, 0.15) is 65.1 Å². The highest BCUT2D eigenvalue weighted by atomic mass is 16.6. The number of carbonyl (C=O) groups excluding carboxylic acids is 1. The highest BCUT2D eigenvalue weighted by Gasteiger charge is 2.26. The zero-order valence-electron chi connectivity index (χ0n) is 26.7. The van der Waals surface area contributed by atoms with Crippen LogP contribution in [0.25, 0.3) is 16.8 Å². The van der Waals surface area contributed by atoms with Crippen molar-refractivity contribution in [1.82, 2.24) is 25.1 Å². The number of nitrogens with zero attached hydrogens (tertiary/aromatic N) is 7. The number of aliphatic imine (C=N–C) groups is 1. The van der Waals surface area contributed by atoms with Crippen LogP contribution in [0.15, 0.2) is 53.8 Å². The average Bonchev–Trinajstić information content (AvgIpc) is 3.01. The van der Waals surface area contributed by atoms with Crippen LogP contribution in [0.5, 0.6) is 5.75 Å². The molecule has 1 saturated heterocycles. The Morgan fingerprint density at radius 2 is 1.82 bits per heavy atom. The van der Waals surface area contributed by atoms with Gasteiger partial charge in [0.05, 0.1) is 11.4 Å². The molecule has 0 saturated carbocycles. The van der Waals surface area contributed by atoms with Crippen LogP contribution in [0.4, 0.5) is 16.4 Å². The number of para-hydroxylation sites is 1. The number of nitrogens with two attached hydrogens (primary N) is 1. The smallest absolute Gasteiger partial charge is 0.410 e. The molecule has 1 amide bonds. The van der Waals surface area contributed by atoms with E-state index >= 15 is 0 Å². The average molecular weight is 614 g/mol. The van der Waals surface area contributed by atoms with E-state index in [-0.39, 0.29) is 23.9 Å². The zero-order chi connectivity index (χ0) is 32.1. The van der Waals surface area contributed by atoms with Crippen molar-refractivity contribution >= 4 is 29.1 Å². The first-order valence-electron chi connectivity index (χ1n) is 15.5. The van der Waals surface area contributed by atoms with Gasteiger partial charge in [-0.2, -0.15) is 0 Å². The Labute approximate surface area is 264 Å². The third kappa shape index (κ3) is 8.05. The van der Waals surface area contributed by atoms with Crippen LogP contribution < -0.4 is 16.0 Å². The summed E-state index contributed by atoms with van der Waals surface area (Å²) >= 11 is 0. The zero-order valence-corrected chi connectivity index (χ0v) is 26.7. The van der Waals surface area contributed by atoms with Crippen LogP contribution in [0.3, 0.4) is 0 Å². The van der Waals surface area contributed by atoms with Gasteiger partial charge in [-0.1, -0.05) is 18.2 Å². The lowest BCUT2D eigenvalue weighted by atomic mass is 10.0. The van der Waals surface area contributed by atoms with Gasteiger partial charge in [0.25, 0.3) is 0 Å². The van der Waals surface area contributed by atoms with Gasteiger partial charge >= 0.3 is 6.09 Å². The number of rotatable bonds is 7. The molecule has 2 aliphatic heterocycles. The summed E-state index contributed by atoms with van der Waals surface area (Å²) in [5.41, 5.74) is 10.3. The molecule has 4 heterocycles. The fraction of sp³-hybridized carbons (Fsp3) is 0.455. The van der Waals surface area contributed by atoms with Crippen molar-refractivity contribution in [1.29, 1.82) is 0 Å². The molecule has 0 spiro atoms. The molecule has 3 aromatic rings. The molecule has 1 aromatic carbocycles. The molecule has 12 nitrogen and oxygen atoms in total. The van der Waals surface area contributed by atoms with E-state index in [9.17, 15) is 9.90 Å².